The van der Waals surface area contributed by atoms with Gasteiger partial charge >= 0.3 is 5.97 Å². The first-order valence-electron chi connectivity index (χ1n) is 11.4. The monoisotopic (exact) mass is 402 g/mol. The Hall–Kier alpha value is -2.61. The van der Waals surface area contributed by atoms with E-state index in [-0.39, 0.29) is 0 Å². The molecule has 0 heterocycles. The van der Waals surface area contributed by atoms with E-state index in [2.05, 4.69) is 43.9 Å². The van der Waals surface area contributed by atoms with Gasteiger partial charge in [-0.15, -0.1) is 6.58 Å². The zero-order valence-corrected chi connectivity index (χ0v) is 18.1. The molecule has 158 valence electrons. The fourth-order valence-electron chi connectivity index (χ4n) is 4.64. The highest BCUT2D eigenvalue weighted by atomic mass is 16.4. The number of allylic oxidation sites excluding steroid dienone is 2. The van der Waals surface area contributed by atoms with Crippen molar-refractivity contribution in [2.75, 3.05) is 0 Å². The van der Waals surface area contributed by atoms with E-state index in [9.17, 15) is 9.90 Å². The molecule has 3 rings (SSSR count). The minimum absolute atomic E-state index is 0.382. The summed E-state index contributed by atoms with van der Waals surface area (Å²) in [6.45, 7) is 6.01. The van der Waals surface area contributed by atoms with E-state index in [0.717, 1.165) is 35.4 Å². The number of carbonyl (C=O) groups is 1. The highest BCUT2D eigenvalue weighted by molar-refractivity contribution is 5.96. The Kier molecular flexibility index (Phi) is 8.07. The molecule has 2 aromatic rings. The molecule has 0 spiro atoms. The SMILES string of the molecule is C=CCCC=Cc1ccc(-c2cc(C3CCC(CCC)CC3)ccc2C(=O)O)cc1. The summed E-state index contributed by atoms with van der Waals surface area (Å²) >= 11 is 0. The maximum atomic E-state index is 11.8. The average Bonchev–Trinajstić information content (AvgIpc) is 2.77. The molecule has 0 atom stereocenters. The molecule has 0 aromatic heterocycles. The Balaban J connectivity index is 1.81. The largest absolute Gasteiger partial charge is 0.478 e. The Morgan fingerprint density at radius 3 is 2.43 bits per heavy atom. The van der Waals surface area contributed by atoms with E-state index >= 15 is 0 Å². The van der Waals surface area contributed by atoms with E-state index in [1.165, 1.54) is 44.1 Å². The smallest absolute Gasteiger partial charge is 0.336 e. The Morgan fingerprint density at radius 2 is 1.80 bits per heavy atom. The summed E-state index contributed by atoms with van der Waals surface area (Å²) in [5.74, 6) is 0.555. The van der Waals surface area contributed by atoms with Gasteiger partial charge in [0, 0.05) is 0 Å². The van der Waals surface area contributed by atoms with Crippen LogP contribution in [0.2, 0.25) is 0 Å². The summed E-state index contributed by atoms with van der Waals surface area (Å²) in [4.78, 5) is 11.8. The summed E-state index contributed by atoms with van der Waals surface area (Å²) in [6, 6.07) is 14.2. The highest BCUT2D eigenvalue weighted by Crippen LogP contribution is 2.39. The van der Waals surface area contributed by atoms with Crippen molar-refractivity contribution in [1.29, 1.82) is 0 Å². The molecule has 2 heteroatoms. The van der Waals surface area contributed by atoms with Crippen LogP contribution >= 0.6 is 0 Å². The van der Waals surface area contributed by atoms with Crippen molar-refractivity contribution in [3.05, 3.63) is 77.9 Å². The maximum Gasteiger partial charge on any atom is 0.336 e. The van der Waals surface area contributed by atoms with Crippen LogP contribution < -0.4 is 0 Å². The minimum atomic E-state index is -0.864. The van der Waals surface area contributed by atoms with Crippen LogP contribution in [-0.4, -0.2) is 11.1 Å². The van der Waals surface area contributed by atoms with Gasteiger partial charge in [-0.2, -0.15) is 0 Å². The lowest BCUT2D eigenvalue weighted by molar-refractivity contribution is 0.0697. The normalized spacial score (nSPS) is 19.1. The van der Waals surface area contributed by atoms with Gasteiger partial charge in [-0.3, -0.25) is 0 Å². The molecule has 0 aliphatic heterocycles. The minimum Gasteiger partial charge on any atom is -0.478 e. The number of rotatable bonds is 9. The van der Waals surface area contributed by atoms with E-state index in [1.807, 2.05) is 24.3 Å². The van der Waals surface area contributed by atoms with Crippen molar-refractivity contribution in [2.24, 2.45) is 5.92 Å². The van der Waals surface area contributed by atoms with Crippen LogP contribution in [0.3, 0.4) is 0 Å². The van der Waals surface area contributed by atoms with Gasteiger partial charge in [0.2, 0.25) is 0 Å². The molecule has 1 aliphatic carbocycles. The molecule has 1 aliphatic rings. The van der Waals surface area contributed by atoms with Crippen molar-refractivity contribution in [1.82, 2.24) is 0 Å². The predicted molar refractivity (Wildman–Crippen MR) is 127 cm³/mol. The van der Waals surface area contributed by atoms with Crippen molar-refractivity contribution < 1.29 is 9.90 Å². The highest BCUT2D eigenvalue weighted by Gasteiger charge is 2.23. The zero-order chi connectivity index (χ0) is 21.3. The second-order valence-corrected chi connectivity index (χ2v) is 8.51. The number of carboxylic acid groups (broad SMARTS) is 1. The molecule has 0 radical (unpaired) electrons. The molecule has 1 fully saturated rings. The lowest BCUT2D eigenvalue weighted by Crippen LogP contribution is -2.13. The summed E-state index contributed by atoms with van der Waals surface area (Å²) in [7, 11) is 0. The third-order valence-electron chi connectivity index (χ3n) is 6.36. The Labute approximate surface area is 181 Å². The molecule has 2 aromatic carbocycles. The van der Waals surface area contributed by atoms with Gasteiger partial charge in [-0.25, -0.2) is 4.79 Å². The maximum absolute atomic E-state index is 11.8. The molecule has 1 N–H and O–H groups in total. The van der Waals surface area contributed by atoms with Gasteiger partial charge in [-0.1, -0.05) is 74.4 Å². The van der Waals surface area contributed by atoms with Crippen molar-refractivity contribution >= 4 is 12.0 Å². The predicted octanol–water partition coefficient (Wildman–Crippen LogP) is 8.11. The number of benzene rings is 2. The van der Waals surface area contributed by atoms with Gasteiger partial charge in [0.1, 0.15) is 0 Å². The molecule has 1 saturated carbocycles. The third-order valence-corrected chi connectivity index (χ3v) is 6.36. The number of hydrogen-bond acceptors (Lipinski definition) is 1. The van der Waals surface area contributed by atoms with Crippen LogP contribution in [0.4, 0.5) is 0 Å². The number of unbranched alkanes of at least 4 members (excludes halogenated alkanes) is 1. The summed E-state index contributed by atoms with van der Waals surface area (Å²) in [5, 5.41) is 9.72. The van der Waals surface area contributed by atoms with E-state index in [1.54, 1.807) is 6.07 Å². The molecule has 2 nitrogen and oxygen atoms in total. The topological polar surface area (TPSA) is 37.3 Å². The summed E-state index contributed by atoms with van der Waals surface area (Å²) < 4.78 is 0. The summed E-state index contributed by atoms with van der Waals surface area (Å²) in [6.07, 6.45) is 15.8. The third kappa shape index (κ3) is 5.72. The first-order valence-corrected chi connectivity index (χ1v) is 11.4. The van der Waals surface area contributed by atoms with E-state index < -0.39 is 5.97 Å². The quantitative estimate of drug-likeness (QED) is 0.340. The number of hydrogen-bond donors (Lipinski definition) is 1. The Morgan fingerprint density at radius 1 is 1.07 bits per heavy atom. The number of aromatic carboxylic acids is 1. The zero-order valence-electron chi connectivity index (χ0n) is 18.1. The molecule has 0 amide bonds. The number of carboxylic acids is 1. The lowest BCUT2D eigenvalue weighted by Gasteiger charge is -2.29. The van der Waals surface area contributed by atoms with Crippen LogP contribution in [0.25, 0.3) is 17.2 Å². The molecule has 30 heavy (non-hydrogen) atoms. The van der Waals surface area contributed by atoms with Crippen LogP contribution in [0.15, 0.2) is 61.2 Å². The first kappa shape index (κ1) is 22.1. The van der Waals surface area contributed by atoms with Gasteiger partial charge in [0.15, 0.2) is 0 Å². The van der Waals surface area contributed by atoms with E-state index in [0.29, 0.717) is 11.5 Å². The van der Waals surface area contributed by atoms with Crippen molar-refractivity contribution in [2.45, 2.75) is 64.2 Å². The lowest BCUT2D eigenvalue weighted by atomic mass is 9.76. The summed E-state index contributed by atoms with van der Waals surface area (Å²) in [5.41, 5.74) is 4.60. The molecule has 0 bridgehead atoms. The second kappa shape index (κ2) is 11.0. The van der Waals surface area contributed by atoms with Crippen molar-refractivity contribution in [3.63, 3.8) is 0 Å². The second-order valence-electron chi connectivity index (χ2n) is 8.51. The van der Waals surface area contributed by atoms with Crippen LogP contribution in [-0.2, 0) is 0 Å². The first-order chi connectivity index (χ1) is 14.6. The standard InChI is InChI=1S/C28H34O2/c1-3-5-6-7-9-22-12-16-24(17-13-22)27-20-25(18-19-26(27)28(29)30)23-14-10-21(8-4-2)11-15-23/h3,7,9,12-13,16-21,23H,1,4-6,8,10-11,14-15H2,2H3,(H,29,30). The van der Waals surface area contributed by atoms with Crippen LogP contribution in [0.5, 0.6) is 0 Å². The molecule has 0 saturated heterocycles. The van der Waals surface area contributed by atoms with Gasteiger partial charge in [0.25, 0.3) is 0 Å². The van der Waals surface area contributed by atoms with Crippen LogP contribution in [0.1, 0.15) is 85.7 Å². The fraction of sp³-hybridized carbons (Fsp3) is 0.393. The van der Waals surface area contributed by atoms with Crippen molar-refractivity contribution in [3.8, 4) is 11.1 Å². The molecular formula is C28H34O2. The molecular weight excluding hydrogens is 368 g/mol. The van der Waals surface area contributed by atoms with Gasteiger partial charge in [0.05, 0.1) is 5.56 Å². The average molecular weight is 403 g/mol. The fourth-order valence-corrected chi connectivity index (χ4v) is 4.64. The molecule has 0 unspecified atom stereocenters. The van der Waals surface area contributed by atoms with Crippen LogP contribution in [0, 0.1) is 5.92 Å². The Bertz CT molecular complexity index is 868. The van der Waals surface area contributed by atoms with Gasteiger partial charge < -0.3 is 5.11 Å². The van der Waals surface area contributed by atoms with Gasteiger partial charge in [-0.05, 0) is 78.7 Å². The van der Waals surface area contributed by atoms with E-state index in [4.69, 9.17) is 0 Å².